The van der Waals surface area contributed by atoms with E-state index in [-0.39, 0.29) is 23.6 Å². The van der Waals surface area contributed by atoms with Crippen LogP contribution in [0.4, 0.5) is 5.69 Å². The number of carboxylic acid groups (broad SMARTS) is 1. The summed E-state index contributed by atoms with van der Waals surface area (Å²) >= 11 is 0. The molecule has 0 bridgehead atoms. The number of nitrogen functional groups attached to an aromatic ring is 1. The van der Waals surface area contributed by atoms with Gasteiger partial charge in [-0.2, -0.15) is 0 Å². The summed E-state index contributed by atoms with van der Waals surface area (Å²) in [5.41, 5.74) is 6.31. The van der Waals surface area contributed by atoms with Crippen LogP contribution in [0.1, 0.15) is 26.5 Å². The van der Waals surface area contributed by atoms with E-state index in [9.17, 15) is 9.59 Å². The van der Waals surface area contributed by atoms with Crippen molar-refractivity contribution in [2.75, 3.05) is 12.8 Å². The Kier molecular flexibility index (Phi) is 3.65. The zero-order chi connectivity index (χ0) is 14.7. The Bertz CT molecular complexity index is 665. The normalized spacial score (nSPS) is 10.2. The number of esters is 1. The lowest BCUT2D eigenvalue weighted by Crippen LogP contribution is -2.11. The molecule has 1 aromatic carbocycles. The van der Waals surface area contributed by atoms with Gasteiger partial charge in [0.25, 0.3) is 5.82 Å². The molecule has 104 valence electrons. The summed E-state index contributed by atoms with van der Waals surface area (Å²) in [7, 11) is 1.23. The predicted octanol–water partition coefficient (Wildman–Crippen LogP) is 0.393. The monoisotopic (exact) mass is 276 g/mol. The van der Waals surface area contributed by atoms with Gasteiger partial charge < -0.3 is 15.6 Å². The van der Waals surface area contributed by atoms with E-state index in [4.69, 9.17) is 10.8 Å². The van der Waals surface area contributed by atoms with E-state index in [1.807, 2.05) is 0 Å². The van der Waals surface area contributed by atoms with Crippen molar-refractivity contribution < 1.29 is 19.4 Å². The highest BCUT2D eigenvalue weighted by Crippen LogP contribution is 2.18. The molecule has 0 aliphatic carbocycles. The van der Waals surface area contributed by atoms with Gasteiger partial charge in [-0.15, -0.1) is 5.10 Å². The molecule has 0 fully saturated rings. The molecule has 1 aromatic heterocycles. The third kappa shape index (κ3) is 2.58. The summed E-state index contributed by atoms with van der Waals surface area (Å²) < 4.78 is 5.83. The van der Waals surface area contributed by atoms with E-state index in [1.54, 1.807) is 12.1 Å². The molecule has 3 N–H and O–H groups in total. The number of carbonyl (C=O) groups is 2. The number of ether oxygens (including phenoxy) is 1. The molecule has 0 aliphatic rings. The fourth-order valence-corrected chi connectivity index (χ4v) is 1.74. The van der Waals surface area contributed by atoms with Crippen molar-refractivity contribution in [3.8, 4) is 0 Å². The van der Waals surface area contributed by atoms with Crippen LogP contribution in [0.25, 0.3) is 0 Å². The number of nitrogens with zero attached hydrogens (tertiary/aromatic N) is 3. The van der Waals surface area contributed by atoms with Crippen LogP contribution < -0.4 is 5.73 Å². The zero-order valence-electron chi connectivity index (χ0n) is 10.6. The topological polar surface area (TPSA) is 120 Å². The Morgan fingerprint density at radius 1 is 1.45 bits per heavy atom. The van der Waals surface area contributed by atoms with Crippen LogP contribution in [-0.4, -0.2) is 38.9 Å². The summed E-state index contributed by atoms with van der Waals surface area (Å²) in [5.74, 6) is -1.87. The van der Waals surface area contributed by atoms with Crippen molar-refractivity contribution in [2.24, 2.45) is 0 Å². The maximum absolute atomic E-state index is 11.2. The number of carbonyl (C=O) groups excluding carboxylic acids is 1. The zero-order valence-corrected chi connectivity index (χ0v) is 10.6. The van der Waals surface area contributed by atoms with Crippen LogP contribution in [0.15, 0.2) is 24.5 Å². The molecule has 0 atom stereocenters. The number of aromatic carboxylic acids is 1. The number of anilines is 1. The maximum Gasteiger partial charge on any atom is 0.377 e. The molecule has 0 saturated heterocycles. The number of nitrogens with two attached hydrogens (primary N) is 1. The molecule has 0 aliphatic heterocycles. The van der Waals surface area contributed by atoms with Gasteiger partial charge in [-0.25, -0.2) is 19.3 Å². The second kappa shape index (κ2) is 5.39. The van der Waals surface area contributed by atoms with Gasteiger partial charge in [-0.3, -0.25) is 0 Å². The summed E-state index contributed by atoms with van der Waals surface area (Å²) in [4.78, 5) is 26.2. The van der Waals surface area contributed by atoms with E-state index in [2.05, 4.69) is 14.8 Å². The lowest BCUT2D eigenvalue weighted by molar-refractivity contribution is 0.0585. The van der Waals surface area contributed by atoms with Gasteiger partial charge in [0.05, 0.1) is 19.2 Å². The number of hydrogen-bond donors (Lipinski definition) is 2. The second-order valence-corrected chi connectivity index (χ2v) is 3.94. The molecule has 8 heteroatoms. The minimum Gasteiger partial charge on any atom is -0.478 e. The number of rotatable bonds is 4. The van der Waals surface area contributed by atoms with Crippen molar-refractivity contribution in [1.82, 2.24) is 14.8 Å². The molecule has 8 nitrogen and oxygen atoms in total. The maximum atomic E-state index is 11.2. The van der Waals surface area contributed by atoms with Crippen LogP contribution >= 0.6 is 0 Å². The van der Waals surface area contributed by atoms with Crippen LogP contribution in [0.2, 0.25) is 0 Å². The molecule has 0 amide bonds. The molecule has 0 unspecified atom stereocenters. The summed E-state index contributed by atoms with van der Waals surface area (Å²) in [6.45, 7) is 0.136. The summed E-state index contributed by atoms with van der Waals surface area (Å²) in [6, 6.07) is 4.78. The quantitative estimate of drug-likeness (QED) is 0.612. The lowest BCUT2D eigenvalue weighted by Gasteiger charge is -2.08. The Labute approximate surface area is 113 Å². The van der Waals surface area contributed by atoms with Crippen molar-refractivity contribution in [3.63, 3.8) is 0 Å². The van der Waals surface area contributed by atoms with Gasteiger partial charge >= 0.3 is 11.9 Å². The third-order valence-electron chi connectivity index (χ3n) is 2.63. The minimum absolute atomic E-state index is 0.0163. The molecule has 0 spiro atoms. The first-order valence-electron chi connectivity index (χ1n) is 5.61. The van der Waals surface area contributed by atoms with E-state index in [0.717, 1.165) is 0 Å². The van der Waals surface area contributed by atoms with E-state index >= 15 is 0 Å². The Balaban J connectivity index is 2.31. The minimum atomic E-state index is -1.12. The molecule has 20 heavy (non-hydrogen) atoms. The van der Waals surface area contributed by atoms with Gasteiger partial charge in [-0.1, -0.05) is 12.1 Å². The highest BCUT2D eigenvalue weighted by molar-refractivity contribution is 5.95. The van der Waals surface area contributed by atoms with E-state index < -0.39 is 11.9 Å². The standard InChI is InChI=1S/C12H12N4O4/c1-20-12(19)10-14-6-16(15-10)5-7-3-2-4-8(13)9(7)11(17)18/h2-4,6H,5,13H2,1H3,(H,17,18). The van der Waals surface area contributed by atoms with Gasteiger partial charge in [0.1, 0.15) is 6.33 Å². The highest BCUT2D eigenvalue weighted by atomic mass is 16.5. The number of methoxy groups -OCH3 is 1. The third-order valence-corrected chi connectivity index (χ3v) is 2.63. The van der Waals surface area contributed by atoms with E-state index in [0.29, 0.717) is 5.56 Å². The molecule has 2 rings (SSSR count). The van der Waals surface area contributed by atoms with Gasteiger partial charge in [0.15, 0.2) is 0 Å². The largest absolute Gasteiger partial charge is 0.478 e. The Morgan fingerprint density at radius 3 is 2.85 bits per heavy atom. The Morgan fingerprint density at radius 2 is 2.20 bits per heavy atom. The van der Waals surface area contributed by atoms with Crippen molar-refractivity contribution >= 4 is 17.6 Å². The second-order valence-electron chi connectivity index (χ2n) is 3.94. The number of aromatic nitrogens is 3. The van der Waals surface area contributed by atoms with Crippen molar-refractivity contribution in [3.05, 3.63) is 41.5 Å². The highest BCUT2D eigenvalue weighted by Gasteiger charge is 2.16. The van der Waals surface area contributed by atoms with Crippen LogP contribution in [0.3, 0.4) is 0 Å². The van der Waals surface area contributed by atoms with Crippen molar-refractivity contribution in [1.29, 1.82) is 0 Å². The molecular weight excluding hydrogens is 264 g/mol. The van der Waals surface area contributed by atoms with Crippen LogP contribution in [0.5, 0.6) is 0 Å². The lowest BCUT2D eigenvalue weighted by atomic mass is 10.1. The Hall–Kier alpha value is -2.90. The summed E-state index contributed by atoms with van der Waals surface area (Å²) in [6.07, 6.45) is 1.32. The average Bonchev–Trinajstić information content (AvgIpc) is 2.86. The number of hydrogen-bond acceptors (Lipinski definition) is 6. The first kappa shape index (κ1) is 13.5. The van der Waals surface area contributed by atoms with Gasteiger partial charge in [-0.05, 0) is 11.6 Å². The molecular formula is C12H12N4O4. The average molecular weight is 276 g/mol. The van der Waals surface area contributed by atoms with E-state index in [1.165, 1.54) is 24.2 Å². The van der Waals surface area contributed by atoms with Crippen LogP contribution in [0, 0.1) is 0 Å². The van der Waals surface area contributed by atoms with Crippen molar-refractivity contribution in [2.45, 2.75) is 6.54 Å². The number of carboxylic acids is 1. The first-order valence-corrected chi connectivity index (χ1v) is 5.61. The fraction of sp³-hybridized carbons (Fsp3) is 0.167. The molecule has 0 saturated carbocycles. The smallest absolute Gasteiger partial charge is 0.377 e. The summed E-state index contributed by atoms with van der Waals surface area (Å²) in [5, 5.41) is 13.1. The predicted molar refractivity (Wildman–Crippen MR) is 68.3 cm³/mol. The first-order chi connectivity index (χ1) is 9.52. The molecule has 2 aromatic rings. The van der Waals surface area contributed by atoms with Gasteiger partial charge in [0, 0.05) is 5.69 Å². The molecule has 0 radical (unpaired) electrons. The SMILES string of the molecule is COC(=O)c1ncn(Cc2cccc(N)c2C(=O)O)n1. The van der Waals surface area contributed by atoms with Gasteiger partial charge in [0.2, 0.25) is 0 Å². The van der Waals surface area contributed by atoms with Crippen LogP contribution in [-0.2, 0) is 11.3 Å². The molecule has 1 heterocycles. The fourth-order valence-electron chi connectivity index (χ4n) is 1.74. The number of benzene rings is 1.